The maximum atomic E-state index is 12.3. The van der Waals surface area contributed by atoms with Crippen molar-refractivity contribution in [2.45, 2.75) is 0 Å². The van der Waals surface area contributed by atoms with E-state index in [1.54, 1.807) is 42.5 Å². The highest BCUT2D eigenvalue weighted by atomic mass is 79.9. The fourth-order valence-electron chi connectivity index (χ4n) is 1.79. The quantitative estimate of drug-likeness (QED) is 0.869. The largest absolute Gasteiger partial charge is 0.355 e. The number of rotatable bonds is 3. The number of hydrogen-bond donors (Lipinski definition) is 2. The SMILES string of the molecule is CNC(=O)c1ccccc1NC(=O)c1cc(Br)ccc1Cl. The van der Waals surface area contributed by atoms with Crippen LogP contribution >= 0.6 is 27.5 Å². The molecule has 0 spiro atoms. The minimum absolute atomic E-state index is 0.272. The molecule has 6 heteroatoms. The van der Waals surface area contributed by atoms with Gasteiger partial charge in [-0.05, 0) is 30.3 Å². The molecule has 0 fully saturated rings. The number of halogens is 2. The van der Waals surface area contributed by atoms with E-state index in [9.17, 15) is 9.59 Å². The van der Waals surface area contributed by atoms with Gasteiger partial charge in [0.15, 0.2) is 0 Å². The number of amides is 2. The van der Waals surface area contributed by atoms with Crippen LogP contribution in [0.5, 0.6) is 0 Å². The number of hydrogen-bond acceptors (Lipinski definition) is 2. The van der Waals surface area contributed by atoms with E-state index in [4.69, 9.17) is 11.6 Å². The zero-order valence-corrected chi connectivity index (χ0v) is 13.5. The molecule has 0 aliphatic heterocycles. The van der Waals surface area contributed by atoms with Crippen LogP contribution in [-0.2, 0) is 0 Å². The third-order valence-electron chi connectivity index (χ3n) is 2.82. The van der Waals surface area contributed by atoms with E-state index in [1.807, 2.05) is 0 Å². The summed E-state index contributed by atoms with van der Waals surface area (Å²) in [5.74, 6) is -0.649. The van der Waals surface area contributed by atoms with Crippen LogP contribution in [0.15, 0.2) is 46.9 Å². The number of carbonyl (C=O) groups excluding carboxylic acids is 2. The van der Waals surface area contributed by atoms with Crippen molar-refractivity contribution in [2.24, 2.45) is 0 Å². The summed E-state index contributed by atoms with van der Waals surface area (Å²) in [6.45, 7) is 0. The second kappa shape index (κ2) is 6.74. The van der Waals surface area contributed by atoms with Gasteiger partial charge in [0.05, 0.1) is 21.8 Å². The molecule has 2 N–H and O–H groups in total. The molecule has 0 aromatic heterocycles. The van der Waals surface area contributed by atoms with E-state index >= 15 is 0 Å². The van der Waals surface area contributed by atoms with Crippen molar-refractivity contribution in [2.75, 3.05) is 12.4 Å². The summed E-state index contributed by atoms with van der Waals surface area (Å²) in [4.78, 5) is 24.1. The minimum atomic E-state index is -0.377. The molecule has 21 heavy (non-hydrogen) atoms. The van der Waals surface area contributed by atoms with Crippen molar-refractivity contribution in [3.05, 3.63) is 63.1 Å². The van der Waals surface area contributed by atoms with Crippen LogP contribution in [-0.4, -0.2) is 18.9 Å². The van der Waals surface area contributed by atoms with Gasteiger partial charge in [0, 0.05) is 11.5 Å². The highest BCUT2D eigenvalue weighted by Gasteiger charge is 2.15. The highest BCUT2D eigenvalue weighted by molar-refractivity contribution is 9.10. The Bertz CT molecular complexity index is 704. The zero-order chi connectivity index (χ0) is 15.4. The van der Waals surface area contributed by atoms with Gasteiger partial charge in [0.1, 0.15) is 0 Å². The fraction of sp³-hybridized carbons (Fsp3) is 0.0667. The fourth-order valence-corrected chi connectivity index (χ4v) is 2.35. The molecule has 0 saturated heterocycles. The Morgan fingerprint density at radius 1 is 1.05 bits per heavy atom. The summed E-state index contributed by atoms with van der Waals surface area (Å²) < 4.78 is 0.747. The van der Waals surface area contributed by atoms with Crippen molar-refractivity contribution < 1.29 is 9.59 Å². The topological polar surface area (TPSA) is 58.2 Å². The van der Waals surface area contributed by atoms with Gasteiger partial charge < -0.3 is 10.6 Å². The van der Waals surface area contributed by atoms with Gasteiger partial charge in [-0.3, -0.25) is 9.59 Å². The predicted molar refractivity (Wildman–Crippen MR) is 86.9 cm³/mol. The Hall–Kier alpha value is -1.85. The molecule has 0 bridgehead atoms. The van der Waals surface area contributed by atoms with E-state index < -0.39 is 0 Å². The molecule has 0 radical (unpaired) electrons. The number of anilines is 1. The molecule has 2 rings (SSSR count). The molecule has 2 amide bonds. The second-order valence-corrected chi connectivity index (χ2v) is 5.53. The molecule has 0 saturated carbocycles. The van der Waals surface area contributed by atoms with E-state index in [1.165, 1.54) is 7.05 Å². The molecular formula is C15H12BrClN2O2. The summed E-state index contributed by atoms with van der Waals surface area (Å²) in [6.07, 6.45) is 0. The van der Waals surface area contributed by atoms with Gasteiger partial charge in [-0.25, -0.2) is 0 Å². The van der Waals surface area contributed by atoms with Crippen LogP contribution in [0.3, 0.4) is 0 Å². The smallest absolute Gasteiger partial charge is 0.257 e. The number of carbonyl (C=O) groups is 2. The van der Waals surface area contributed by atoms with Crippen LogP contribution in [0.1, 0.15) is 20.7 Å². The maximum Gasteiger partial charge on any atom is 0.257 e. The van der Waals surface area contributed by atoms with Gasteiger partial charge in [0.2, 0.25) is 0 Å². The summed E-state index contributed by atoms with van der Waals surface area (Å²) in [5, 5.41) is 5.58. The number of para-hydroxylation sites is 1. The predicted octanol–water partition coefficient (Wildman–Crippen LogP) is 3.71. The third-order valence-corrected chi connectivity index (χ3v) is 3.64. The van der Waals surface area contributed by atoms with E-state index in [2.05, 4.69) is 26.6 Å². The summed E-state index contributed by atoms with van der Waals surface area (Å²) in [6, 6.07) is 11.8. The molecular weight excluding hydrogens is 356 g/mol. The van der Waals surface area contributed by atoms with Crippen LogP contribution in [0, 0.1) is 0 Å². The van der Waals surface area contributed by atoms with Crippen molar-refractivity contribution >= 4 is 45.0 Å². The van der Waals surface area contributed by atoms with Gasteiger partial charge >= 0.3 is 0 Å². The van der Waals surface area contributed by atoms with Crippen molar-refractivity contribution in [1.29, 1.82) is 0 Å². The lowest BCUT2D eigenvalue weighted by molar-refractivity contribution is 0.0964. The van der Waals surface area contributed by atoms with Gasteiger partial charge in [0.25, 0.3) is 11.8 Å². The monoisotopic (exact) mass is 366 g/mol. The average Bonchev–Trinajstić information content (AvgIpc) is 2.49. The molecule has 0 aliphatic rings. The van der Waals surface area contributed by atoms with E-state index in [-0.39, 0.29) is 11.8 Å². The molecule has 0 heterocycles. The van der Waals surface area contributed by atoms with Crippen LogP contribution in [0.4, 0.5) is 5.69 Å². The summed E-state index contributed by atoms with van der Waals surface area (Å²) >= 11 is 9.32. The van der Waals surface area contributed by atoms with Crippen LogP contribution in [0.25, 0.3) is 0 Å². The van der Waals surface area contributed by atoms with Crippen LogP contribution < -0.4 is 10.6 Å². The first kappa shape index (κ1) is 15.5. The Morgan fingerprint density at radius 2 is 1.76 bits per heavy atom. The lowest BCUT2D eigenvalue weighted by Gasteiger charge is -2.11. The molecule has 2 aromatic rings. The average molecular weight is 368 g/mol. The van der Waals surface area contributed by atoms with Gasteiger partial charge in [-0.15, -0.1) is 0 Å². The molecule has 0 aliphatic carbocycles. The molecule has 4 nitrogen and oxygen atoms in total. The Kier molecular flexibility index (Phi) is 4.98. The van der Waals surface area contributed by atoms with Gasteiger partial charge in [-0.1, -0.05) is 39.7 Å². The first-order valence-electron chi connectivity index (χ1n) is 6.10. The first-order valence-corrected chi connectivity index (χ1v) is 7.27. The minimum Gasteiger partial charge on any atom is -0.355 e. The lowest BCUT2D eigenvalue weighted by atomic mass is 10.1. The number of nitrogens with one attached hydrogen (secondary N) is 2. The van der Waals surface area contributed by atoms with Crippen LogP contribution in [0.2, 0.25) is 5.02 Å². The molecule has 108 valence electrons. The van der Waals surface area contributed by atoms with Crippen molar-refractivity contribution in [1.82, 2.24) is 5.32 Å². The Morgan fingerprint density at radius 3 is 2.48 bits per heavy atom. The lowest BCUT2D eigenvalue weighted by Crippen LogP contribution is -2.21. The summed E-state index contributed by atoms with van der Waals surface area (Å²) in [5.41, 5.74) is 1.15. The third kappa shape index (κ3) is 3.62. The van der Waals surface area contributed by atoms with E-state index in [0.29, 0.717) is 21.8 Å². The second-order valence-electron chi connectivity index (χ2n) is 4.20. The molecule has 0 unspecified atom stereocenters. The molecule has 2 aromatic carbocycles. The normalized spacial score (nSPS) is 10.0. The Balaban J connectivity index is 2.32. The van der Waals surface area contributed by atoms with Gasteiger partial charge in [-0.2, -0.15) is 0 Å². The van der Waals surface area contributed by atoms with Crippen molar-refractivity contribution in [3.8, 4) is 0 Å². The summed E-state index contributed by atoms with van der Waals surface area (Å²) in [7, 11) is 1.53. The standard InChI is InChI=1S/C15H12BrClN2O2/c1-18-14(20)10-4-2-3-5-13(10)19-15(21)11-8-9(16)6-7-12(11)17/h2-8H,1H3,(H,18,20)(H,19,21). The highest BCUT2D eigenvalue weighted by Crippen LogP contribution is 2.23. The zero-order valence-electron chi connectivity index (χ0n) is 11.1. The number of benzene rings is 2. The maximum absolute atomic E-state index is 12.3. The first-order chi connectivity index (χ1) is 10.0. The van der Waals surface area contributed by atoms with Crippen molar-refractivity contribution in [3.63, 3.8) is 0 Å². The van der Waals surface area contributed by atoms with E-state index in [0.717, 1.165) is 4.47 Å². The Labute approximate surface area is 135 Å². The molecule has 0 atom stereocenters.